The Morgan fingerprint density at radius 3 is 2.57 bits per heavy atom. The average Bonchev–Trinajstić information content (AvgIpc) is 2.74. The number of benzene rings is 2. The van der Waals surface area contributed by atoms with Crippen molar-refractivity contribution in [2.75, 3.05) is 36.3 Å². The lowest BCUT2D eigenvalue weighted by Crippen LogP contribution is -2.49. The number of aryl methyl sites for hydroxylation is 1. The van der Waals surface area contributed by atoms with Crippen molar-refractivity contribution in [3.63, 3.8) is 0 Å². The number of ether oxygens (including phenoxy) is 1. The fourth-order valence-electron chi connectivity index (χ4n) is 3.20. The van der Waals surface area contributed by atoms with E-state index in [0.29, 0.717) is 42.6 Å². The number of sulfonamides is 1. The van der Waals surface area contributed by atoms with Crippen LogP contribution in [0.15, 0.2) is 52.3 Å². The number of anilines is 2. The Labute approximate surface area is 179 Å². The minimum absolute atomic E-state index is 0.0284. The third-order valence-corrected chi connectivity index (χ3v) is 7.49. The number of morpholine rings is 1. The van der Waals surface area contributed by atoms with E-state index in [1.807, 2.05) is 19.1 Å². The van der Waals surface area contributed by atoms with Gasteiger partial charge in [0.1, 0.15) is 0 Å². The van der Waals surface area contributed by atoms with Gasteiger partial charge in [-0.2, -0.15) is 0 Å². The Balaban J connectivity index is 1.53. The maximum Gasteiger partial charge on any atom is 0.261 e. The van der Waals surface area contributed by atoms with Crippen LogP contribution in [0.4, 0.5) is 11.4 Å². The highest BCUT2D eigenvalue weighted by molar-refractivity contribution is 8.01. The topological polar surface area (TPSA) is 105 Å². The van der Waals surface area contributed by atoms with E-state index in [4.69, 9.17) is 4.74 Å². The fraction of sp³-hybridized carbons (Fsp3) is 0.300. The Morgan fingerprint density at radius 2 is 1.87 bits per heavy atom. The van der Waals surface area contributed by atoms with Gasteiger partial charge in [-0.15, -0.1) is 11.8 Å². The SMILES string of the molecule is Cc1ccc(NS(=O)(=O)c2ccc3c(c2)NC(=O)[C@@H](C(=O)N2CCOCC2)S3)cc1. The number of rotatable bonds is 4. The second kappa shape index (κ2) is 8.29. The summed E-state index contributed by atoms with van der Waals surface area (Å²) in [5.41, 5.74) is 1.85. The minimum atomic E-state index is -3.82. The molecule has 2 N–H and O–H groups in total. The molecule has 1 fully saturated rings. The molecule has 1 atom stereocenters. The van der Waals surface area contributed by atoms with Crippen molar-refractivity contribution in [3.05, 3.63) is 48.0 Å². The van der Waals surface area contributed by atoms with E-state index in [1.165, 1.54) is 12.1 Å². The van der Waals surface area contributed by atoms with Crippen molar-refractivity contribution in [2.24, 2.45) is 0 Å². The summed E-state index contributed by atoms with van der Waals surface area (Å²) in [6.45, 7) is 3.74. The highest BCUT2D eigenvalue weighted by atomic mass is 32.2. The molecule has 158 valence electrons. The number of carbonyl (C=O) groups excluding carboxylic acids is 2. The molecule has 0 unspecified atom stereocenters. The van der Waals surface area contributed by atoms with Gasteiger partial charge in [0, 0.05) is 23.7 Å². The molecule has 0 aliphatic carbocycles. The predicted molar refractivity (Wildman–Crippen MR) is 114 cm³/mol. The van der Waals surface area contributed by atoms with Crippen LogP contribution in [0.3, 0.4) is 0 Å². The Kier molecular flexibility index (Phi) is 5.72. The van der Waals surface area contributed by atoms with Crippen LogP contribution in [-0.4, -0.2) is 56.7 Å². The monoisotopic (exact) mass is 447 g/mol. The van der Waals surface area contributed by atoms with Crippen LogP contribution in [0.1, 0.15) is 5.56 Å². The second-order valence-electron chi connectivity index (χ2n) is 7.05. The molecule has 2 aromatic carbocycles. The van der Waals surface area contributed by atoms with Crippen LogP contribution in [0.2, 0.25) is 0 Å². The Hall–Kier alpha value is -2.56. The molecule has 0 saturated carbocycles. The maximum atomic E-state index is 12.7. The molecule has 0 spiro atoms. The highest BCUT2D eigenvalue weighted by Gasteiger charge is 2.36. The summed E-state index contributed by atoms with van der Waals surface area (Å²) >= 11 is 1.13. The van der Waals surface area contributed by atoms with Gasteiger partial charge in [0.05, 0.1) is 23.8 Å². The molecular formula is C20H21N3O5S2. The van der Waals surface area contributed by atoms with E-state index in [0.717, 1.165) is 17.3 Å². The molecule has 10 heteroatoms. The van der Waals surface area contributed by atoms with E-state index < -0.39 is 21.2 Å². The highest BCUT2D eigenvalue weighted by Crippen LogP contribution is 2.38. The summed E-state index contributed by atoms with van der Waals surface area (Å²) in [4.78, 5) is 27.6. The molecule has 0 aromatic heterocycles. The van der Waals surface area contributed by atoms with Gasteiger partial charge >= 0.3 is 0 Å². The van der Waals surface area contributed by atoms with Crippen LogP contribution >= 0.6 is 11.8 Å². The largest absolute Gasteiger partial charge is 0.378 e. The van der Waals surface area contributed by atoms with Crippen molar-refractivity contribution in [1.29, 1.82) is 0 Å². The van der Waals surface area contributed by atoms with Gasteiger partial charge in [-0.05, 0) is 37.3 Å². The molecule has 1 saturated heterocycles. The first kappa shape index (κ1) is 20.7. The number of hydrogen-bond acceptors (Lipinski definition) is 6. The predicted octanol–water partition coefficient (Wildman–Crippen LogP) is 2.07. The normalized spacial score (nSPS) is 19.0. The van der Waals surface area contributed by atoms with Crippen molar-refractivity contribution in [1.82, 2.24) is 4.90 Å². The summed E-state index contributed by atoms with van der Waals surface area (Å²) in [5, 5.41) is 1.78. The summed E-state index contributed by atoms with van der Waals surface area (Å²) in [7, 11) is -3.82. The summed E-state index contributed by atoms with van der Waals surface area (Å²) in [6, 6.07) is 11.5. The maximum absolute atomic E-state index is 12.7. The van der Waals surface area contributed by atoms with Crippen LogP contribution in [0, 0.1) is 6.92 Å². The van der Waals surface area contributed by atoms with Crippen molar-refractivity contribution in [3.8, 4) is 0 Å². The number of fused-ring (bicyclic) bond motifs is 1. The lowest BCUT2D eigenvalue weighted by atomic mass is 10.2. The van der Waals surface area contributed by atoms with E-state index in [9.17, 15) is 18.0 Å². The van der Waals surface area contributed by atoms with Crippen molar-refractivity contribution >= 4 is 45.0 Å². The summed E-state index contributed by atoms with van der Waals surface area (Å²) in [5.74, 6) is -0.714. The Morgan fingerprint density at radius 1 is 1.17 bits per heavy atom. The molecule has 30 heavy (non-hydrogen) atoms. The molecule has 2 amide bonds. The third-order valence-electron chi connectivity index (χ3n) is 4.85. The van der Waals surface area contributed by atoms with Crippen molar-refractivity contribution < 1.29 is 22.7 Å². The third kappa shape index (κ3) is 4.30. The lowest BCUT2D eigenvalue weighted by Gasteiger charge is -2.31. The minimum Gasteiger partial charge on any atom is -0.378 e. The standard InChI is InChI=1S/C20H21N3O5S2/c1-13-2-4-14(5-3-13)22-30(26,27)15-6-7-17-16(12-15)21-19(24)18(29-17)20(25)23-8-10-28-11-9-23/h2-7,12,18,22H,8-11H2,1H3,(H,21,24)/t18-/m0/s1. The second-order valence-corrected chi connectivity index (χ2v) is 9.88. The van der Waals surface area contributed by atoms with Gasteiger partial charge in [0.25, 0.3) is 10.0 Å². The zero-order valence-electron chi connectivity index (χ0n) is 16.3. The average molecular weight is 448 g/mol. The summed E-state index contributed by atoms with van der Waals surface area (Å²) in [6.07, 6.45) is 0. The van der Waals surface area contributed by atoms with Crippen LogP contribution < -0.4 is 10.0 Å². The number of nitrogens with zero attached hydrogens (tertiary/aromatic N) is 1. The van der Waals surface area contributed by atoms with E-state index in [-0.39, 0.29) is 10.8 Å². The van der Waals surface area contributed by atoms with Gasteiger partial charge < -0.3 is 15.0 Å². The molecule has 2 heterocycles. The Bertz CT molecular complexity index is 1080. The van der Waals surface area contributed by atoms with Gasteiger partial charge in [0.2, 0.25) is 11.8 Å². The fourth-order valence-corrected chi connectivity index (χ4v) is 5.34. The quantitative estimate of drug-likeness (QED) is 0.696. The van der Waals surface area contributed by atoms with E-state index >= 15 is 0 Å². The number of hydrogen-bond donors (Lipinski definition) is 2. The molecule has 2 aliphatic rings. The molecule has 0 radical (unpaired) electrons. The number of nitrogens with one attached hydrogen (secondary N) is 2. The smallest absolute Gasteiger partial charge is 0.261 e. The van der Waals surface area contributed by atoms with Gasteiger partial charge in [-0.3, -0.25) is 14.3 Å². The molecule has 4 rings (SSSR count). The first-order chi connectivity index (χ1) is 14.3. The molecule has 2 aliphatic heterocycles. The molecule has 8 nitrogen and oxygen atoms in total. The first-order valence-electron chi connectivity index (χ1n) is 9.41. The zero-order chi connectivity index (χ0) is 21.3. The number of amides is 2. The van der Waals surface area contributed by atoms with Crippen LogP contribution in [0.5, 0.6) is 0 Å². The lowest BCUT2D eigenvalue weighted by molar-refractivity contribution is -0.137. The van der Waals surface area contributed by atoms with Gasteiger partial charge in [-0.1, -0.05) is 17.7 Å². The van der Waals surface area contributed by atoms with Crippen molar-refractivity contribution in [2.45, 2.75) is 22.0 Å². The molecule has 0 bridgehead atoms. The van der Waals surface area contributed by atoms with Crippen LogP contribution in [0.25, 0.3) is 0 Å². The number of thioether (sulfide) groups is 1. The number of carbonyl (C=O) groups is 2. The van der Waals surface area contributed by atoms with E-state index in [1.54, 1.807) is 23.1 Å². The van der Waals surface area contributed by atoms with Gasteiger partial charge in [-0.25, -0.2) is 8.42 Å². The van der Waals surface area contributed by atoms with Gasteiger partial charge in [0.15, 0.2) is 5.25 Å². The van der Waals surface area contributed by atoms with E-state index in [2.05, 4.69) is 10.0 Å². The van der Waals surface area contributed by atoms with Crippen LogP contribution in [-0.2, 0) is 24.3 Å². The zero-order valence-corrected chi connectivity index (χ0v) is 17.9. The molecule has 2 aromatic rings. The first-order valence-corrected chi connectivity index (χ1v) is 11.8. The summed E-state index contributed by atoms with van der Waals surface area (Å²) < 4.78 is 33.2. The molecular weight excluding hydrogens is 426 g/mol.